The molecule has 4 aliphatic carbocycles. The third-order valence-electron chi connectivity index (χ3n) is 13.5. The van der Waals surface area contributed by atoms with Crippen LogP contribution in [-0.2, 0) is 24.3 Å². The topological polar surface area (TPSA) is 166 Å². The molecule has 4 N–H and O–H groups in total. The summed E-state index contributed by atoms with van der Waals surface area (Å²) in [7, 11) is -3.75. The van der Waals surface area contributed by atoms with E-state index in [1.165, 1.54) is 4.31 Å². The lowest BCUT2D eigenvalue weighted by atomic mass is 9.41. The minimum absolute atomic E-state index is 0.0395. The molecule has 0 aromatic heterocycles. The number of esters is 1. The Hall–Kier alpha value is -2.64. The largest absolute Gasteiger partial charge is 0.458 e. The number of aliphatic hydroxyl groups is 3. The molecule has 262 valence electrons. The second-order valence-corrected chi connectivity index (χ2v) is 17.7. The number of ether oxygens (including phenoxy) is 1. The van der Waals surface area contributed by atoms with Gasteiger partial charge in [-0.2, -0.15) is 9.41 Å². The van der Waals surface area contributed by atoms with Crippen molar-refractivity contribution in [3.8, 4) is 0 Å². The summed E-state index contributed by atoms with van der Waals surface area (Å²) < 4.78 is 33.3. The van der Waals surface area contributed by atoms with Crippen molar-refractivity contribution in [3.05, 3.63) is 41.5 Å². The van der Waals surface area contributed by atoms with Gasteiger partial charge in [-0.3, -0.25) is 4.79 Å². The zero-order chi connectivity index (χ0) is 34.1. The van der Waals surface area contributed by atoms with Gasteiger partial charge in [-0.15, -0.1) is 0 Å². The van der Waals surface area contributed by atoms with Gasteiger partial charge in [0, 0.05) is 42.6 Å². The average Bonchev–Trinajstić information content (AvgIpc) is 3.60. The van der Waals surface area contributed by atoms with E-state index in [9.17, 15) is 33.3 Å². The number of aryl methyl sites for hydroxylation is 1. The van der Waals surface area contributed by atoms with Gasteiger partial charge in [-0.25, -0.2) is 18.6 Å². The van der Waals surface area contributed by atoms with E-state index in [0.717, 1.165) is 24.0 Å². The van der Waals surface area contributed by atoms with Gasteiger partial charge in [0.25, 0.3) is 0 Å². The number of aliphatic hydroxyl groups excluding tert-OH is 1. The van der Waals surface area contributed by atoms with Crippen LogP contribution in [0.2, 0.25) is 0 Å². The summed E-state index contributed by atoms with van der Waals surface area (Å²) >= 11 is 0. The molecule has 0 radical (unpaired) electrons. The third kappa shape index (κ3) is 5.20. The zero-order valence-electron chi connectivity index (χ0n) is 27.9. The Morgan fingerprint density at radius 2 is 1.79 bits per heavy atom. The number of cyclic esters (lactones) is 1. The van der Waals surface area contributed by atoms with Crippen LogP contribution in [0.15, 0.2) is 45.9 Å². The first-order valence-corrected chi connectivity index (χ1v) is 19.1. The second kappa shape index (κ2) is 12.0. The highest BCUT2D eigenvalue weighted by Crippen LogP contribution is 2.70. The third-order valence-corrected chi connectivity index (χ3v) is 15.4. The molecule has 48 heavy (non-hydrogen) atoms. The summed E-state index contributed by atoms with van der Waals surface area (Å²) in [6.45, 7) is 4.71. The Kier molecular flexibility index (Phi) is 8.46. The van der Waals surface area contributed by atoms with Crippen LogP contribution in [-0.4, -0.2) is 83.1 Å². The minimum atomic E-state index is -3.75. The predicted octanol–water partition coefficient (Wildman–Crippen LogP) is 3.21. The standard InChI is InChI=1S/C36H49N3O8S/c1-23-5-7-27(8-6-23)48(45,46)39-17-3-4-24(20-39)32(42)38-37-22-34-14-9-26(40)19-35(34,43)15-11-30-29(34)10-13-33(2)28(12-16-36(30,33)44)25-18-31(41)47-21-25/h5-8,18,22,24,26,28-30,40,43-44H,3-4,9-17,19-21H2,1-2H3,(H,38,42)/b37-22-/t24-,26+,28+,29-,30+,33+,34-,35+,36+/m0/s1. The normalized spacial score (nSPS) is 41.6. The number of carbonyl (C=O) groups excluding carboxylic acids is 2. The molecule has 2 heterocycles. The summed E-state index contributed by atoms with van der Waals surface area (Å²) in [4.78, 5) is 25.6. The van der Waals surface area contributed by atoms with E-state index < -0.39 is 44.1 Å². The Morgan fingerprint density at radius 1 is 1.04 bits per heavy atom. The molecule has 0 spiro atoms. The first kappa shape index (κ1) is 33.8. The van der Waals surface area contributed by atoms with Crippen LogP contribution >= 0.6 is 0 Å². The number of nitrogens with zero attached hydrogens (tertiary/aromatic N) is 2. The number of piperidine rings is 1. The molecular formula is C36H49N3O8S. The number of hydrogen-bond acceptors (Lipinski definition) is 9. The summed E-state index contributed by atoms with van der Waals surface area (Å²) in [5.74, 6) is -1.48. The number of carbonyl (C=O) groups is 2. The predicted molar refractivity (Wildman–Crippen MR) is 177 cm³/mol. The monoisotopic (exact) mass is 683 g/mol. The maximum Gasteiger partial charge on any atom is 0.331 e. The van der Waals surface area contributed by atoms with Crippen LogP contribution < -0.4 is 5.43 Å². The van der Waals surface area contributed by atoms with Gasteiger partial charge in [-0.1, -0.05) is 24.6 Å². The number of hydrogen-bond donors (Lipinski definition) is 4. The molecule has 1 amide bonds. The number of fused-ring (bicyclic) bond motifs is 5. The molecule has 6 aliphatic rings. The molecule has 1 aromatic rings. The number of sulfonamides is 1. The highest BCUT2D eigenvalue weighted by atomic mass is 32.2. The average molecular weight is 684 g/mol. The number of benzene rings is 1. The lowest BCUT2D eigenvalue weighted by Crippen LogP contribution is -2.68. The molecule has 7 rings (SSSR count). The summed E-state index contributed by atoms with van der Waals surface area (Å²) in [5, 5.41) is 40.1. The van der Waals surface area contributed by atoms with Gasteiger partial charge in [0.15, 0.2) is 0 Å². The number of nitrogens with one attached hydrogen (secondary N) is 1. The molecule has 11 nitrogen and oxygen atoms in total. The molecule has 1 saturated heterocycles. The fourth-order valence-electron chi connectivity index (χ4n) is 10.9. The van der Waals surface area contributed by atoms with E-state index in [-0.39, 0.29) is 54.1 Å². The van der Waals surface area contributed by atoms with E-state index in [0.29, 0.717) is 57.9 Å². The smallest absolute Gasteiger partial charge is 0.331 e. The quantitative estimate of drug-likeness (QED) is 0.202. The van der Waals surface area contributed by atoms with Gasteiger partial charge in [0.2, 0.25) is 15.9 Å². The van der Waals surface area contributed by atoms with Crippen molar-refractivity contribution in [2.24, 2.45) is 39.6 Å². The SMILES string of the molecule is Cc1ccc(S(=O)(=O)N2CCC[C@H](C(=O)N/N=C\[C@]34CC[C@@H](O)C[C@]3(O)CC[C@@H]3[C@@H]4CC[C@]4(C)[C@@H](C5=CC(=O)OC5)CC[C@@]34O)C2)cc1. The summed E-state index contributed by atoms with van der Waals surface area (Å²) in [6.07, 6.45) is 8.67. The number of rotatable bonds is 6. The van der Waals surface area contributed by atoms with Crippen LogP contribution in [0.25, 0.3) is 0 Å². The maximum atomic E-state index is 13.5. The van der Waals surface area contributed by atoms with E-state index in [1.54, 1.807) is 36.6 Å². The lowest BCUT2D eigenvalue weighted by Gasteiger charge is -2.65. The molecule has 12 heteroatoms. The van der Waals surface area contributed by atoms with Gasteiger partial charge in [0.1, 0.15) is 6.61 Å². The van der Waals surface area contributed by atoms with Crippen molar-refractivity contribution < 1.29 is 38.1 Å². The van der Waals surface area contributed by atoms with E-state index in [1.807, 2.05) is 6.92 Å². The van der Waals surface area contributed by atoms with Crippen LogP contribution in [0.3, 0.4) is 0 Å². The molecule has 0 bridgehead atoms. The van der Waals surface area contributed by atoms with Gasteiger partial charge in [0.05, 0.1) is 28.1 Å². The Balaban J connectivity index is 1.11. The van der Waals surface area contributed by atoms with E-state index >= 15 is 0 Å². The van der Waals surface area contributed by atoms with Crippen molar-refractivity contribution in [2.75, 3.05) is 19.7 Å². The molecular weight excluding hydrogens is 634 g/mol. The zero-order valence-corrected chi connectivity index (χ0v) is 28.8. The lowest BCUT2D eigenvalue weighted by molar-refractivity contribution is -0.237. The van der Waals surface area contributed by atoms with Crippen LogP contribution in [0.5, 0.6) is 0 Å². The Bertz CT molecular complexity index is 1630. The Morgan fingerprint density at radius 3 is 2.52 bits per heavy atom. The van der Waals surface area contributed by atoms with Gasteiger partial charge < -0.3 is 20.1 Å². The Labute approximate surface area is 282 Å². The molecule has 4 saturated carbocycles. The first-order valence-electron chi connectivity index (χ1n) is 17.6. The van der Waals surface area contributed by atoms with Crippen molar-refractivity contribution in [2.45, 2.75) is 107 Å². The first-order chi connectivity index (χ1) is 22.7. The number of hydrazone groups is 1. The van der Waals surface area contributed by atoms with Crippen LogP contribution in [0.4, 0.5) is 0 Å². The molecule has 9 atom stereocenters. The molecule has 0 unspecified atom stereocenters. The number of amides is 1. The maximum absolute atomic E-state index is 13.5. The fraction of sp³-hybridized carbons (Fsp3) is 0.694. The van der Waals surface area contributed by atoms with Gasteiger partial charge >= 0.3 is 5.97 Å². The molecule has 1 aromatic carbocycles. The minimum Gasteiger partial charge on any atom is -0.458 e. The van der Waals surface area contributed by atoms with E-state index in [2.05, 4.69) is 17.5 Å². The van der Waals surface area contributed by atoms with Crippen molar-refractivity contribution >= 4 is 28.1 Å². The van der Waals surface area contributed by atoms with E-state index in [4.69, 9.17) is 4.74 Å². The van der Waals surface area contributed by atoms with Crippen LogP contribution in [0.1, 0.15) is 83.1 Å². The fourth-order valence-corrected chi connectivity index (χ4v) is 12.4. The highest BCUT2D eigenvalue weighted by molar-refractivity contribution is 7.89. The molecule has 5 fully saturated rings. The summed E-state index contributed by atoms with van der Waals surface area (Å²) in [6, 6.07) is 6.71. The van der Waals surface area contributed by atoms with Crippen LogP contribution in [0, 0.1) is 41.4 Å². The highest BCUT2D eigenvalue weighted by Gasteiger charge is 2.71. The van der Waals surface area contributed by atoms with Crippen molar-refractivity contribution in [3.63, 3.8) is 0 Å². The second-order valence-electron chi connectivity index (χ2n) is 15.8. The van der Waals surface area contributed by atoms with Crippen molar-refractivity contribution in [1.82, 2.24) is 9.73 Å². The molecule has 2 aliphatic heterocycles. The summed E-state index contributed by atoms with van der Waals surface area (Å²) in [5.41, 5.74) is 1.05. The van der Waals surface area contributed by atoms with Gasteiger partial charge in [-0.05, 0) is 107 Å². The van der Waals surface area contributed by atoms with Crippen molar-refractivity contribution in [1.29, 1.82) is 0 Å².